The Hall–Kier alpha value is -1.51. The lowest BCUT2D eigenvalue weighted by atomic mass is 9.42. The molecule has 3 heteroatoms. The number of carbonyl (C=O) groups is 1. The molecule has 25 heavy (non-hydrogen) atoms. The van der Waals surface area contributed by atoms with Gasteiger partial charge in [0.2, 0.25) is 5.91 Å². The van der Waals surface area contributed by atoms with Gasteiger partial charge in [-0.25, -0.2) is 0 Å². The van der Waals surface area contributed by atoms with Gasteiger partial charge in [0.25, 0.3) is 0 Å². The van der Waals surface area contributed by atoms with Gasteiger partial charge in [-0.1, -0.05) is 12.1 Å². The van der Waals surface area contributed by atoms with Crippen molar-refractivity contribution in [3.63, 3.8) is 0 Å². The molecule has 3 nitrogen and oxygen atoms in total. The first-order valence-corrected chi connectivity index (χ1v) is 10.1. The summed E-state index contributed by atoms with van der Waals surface area (Å²) in [6, 6.07) is 8.73. The number of methoxy groups -OCH3 is 1. The molecule has 5 fully saturated rings. The number of carbonyl (C=O) groups excluding carboxylic acids is 1. The van der Waals surface area contributed by atoms with Gasteiger partial charge < -0.3 is 9.64 Å². The molecule has 0 radical (unpaired) electrons. The monoisotopic (exact) mass is 339 g/mol. The van der Waals surface area contributed by atoms with Crippen LogP contribution in [0.5, 0.6) is 5.75 Å². The van der Waals surface area contributed by atoms with E-state index in [0.717, 1.165) is 49.9 Å². The molecule has 1 saturated heterocycles. The third-order valence-electron chi connectivity index (χ3n) is 7.61. The van der Waals surface area contributed by atoms with Crippen LogP contribution in [0.25, 0.3) is 0 Å². The minimum Gasteiger partial charge on any atom is -0.497 e. The van der Waals surface area contributed by atoms with Crippen LogP contribution in [-0.4, -0.2) is 31.0 Å². The van der Waals surface area contributed by atoms with Gasteiger partial charge in [-0.2, -0.15) is 0 Å². The topological polar surface area (TPSA) is 29.5 Å². The lowest BCUT2D eigenvalue weighted by Crippen LogP contribution is -2.59. The van der Waals surface area contributed by atoms with Crippen LogP contribution >= 0.6 is 0 Å². The molecule has 0 N–H and O–H groups in total. The number of nitrogens with zero attached hydrogens (tertiary/aromatic N) is 1. The van der Waals surface area contributed by atoms with E-state index in [1.165, 1.54) is 37.7 Å². The number of hydrogen-bond donors (Lipinski definition) is 0. The Labute approximate surface area is 150 Å². The van der Waals surface area contributed by atoms with Crippen LogP contribution in [0.1, 0.15) is 56.9 Å². The summed E-state index contributed by atoms with van der Waals surface area (Å²) in [5.74, 6) is 2.91. The summed E-state index contributed by atoms with van der Waals surface area (Å²) in [4.78, 5) is 15.7. The molecule has 5 aliphatic rings. The first-order valence-electron chi connectivity index (χ1n) is 10.1. The molecule has 0 spiro atoms. The van der Waals surface area contributed by atoms with E-state index in [9.17, 15) is 4.79 Å². The maximum atomic E-state index is 13.5. The standard InChI is InChI=1S/C22H29NO2/c1-25-19-6-4-18(5-7-19)21-11-16-10-17(12-21)14-22(13-16,15-21)20(24)23-8-2-3-9-23/h4-7,16-17H,2-3,8-15H2,1H3/t16-,17+,21?,22?. The molecule has 1 aromatic rings. The van der Waals surface area contributed by atoms with Crippen molar-refractivity contribution >= 4 is 5.91 Å². The van der Waals surface area contributed by atoms with Crippen molar-refractivity contribution in [2.45, 2.75) is 56.8 Å². The minimum absolute atomic E-state index is 0.0612. The fraction of sp³-hybridized carbons (Fsp3) is 0.682. The van der Waals surface area contributed by atoms with Crippen LogP contribution in [0.3, 0.4) is 0 Å². The number of hydrogen-bond acceptors (Lipinski definition) is 2. The minimum atomic E-state index is -0.0612. The van der Waals surface area contributed by atoms with Crippen LogP contribution in [0.15, 0.2) is 24.3 Å². The highest BCUT2D eigenvalue weighted by molar-refractivity contribution is 5.84. The van der Waals surface area contributed by atoms with E-state index in [0.29, 0.717) is 5.91 Å². The smallest absolute Gasteiger partial charge is 0.228 e. The molecule has 134 valence electrons. The summed E-state index contributed by atoms with van der Waals surface area (Å²) in [6.45, 7) is 1.98. The second-order valence-corrected chi connectivity index (χ2v) is 9.25. The summed E-state index contributed by atoms with van der Waals surface area (Å²) in [5.41, 5.74) is 1.61. The van der Waals surface area contributed by atoms with Gasteiger partial charge in [0.05, 0.1) is 12.5 Å². The molecule has 1 heterocycles. The molecule has 0 aromatic heterocycles. The van der Waals surface area contributed by atoms with Gasteiger partial charge in [-0.05, 0) is 86.3 Å². The predicted molar refractivity (Wildman–Crippen MR) is 97.6 cm³/mol. The molecule has 4 saturated carbocycles. The third kappa shape index (κ3) is 2.34. The van der Waals surface area contributed by atoms with Crippen molar-refractivity contribution in [3.8, 4) is 5.75 Å². The highest BCUT2D eigenvalue weighted by atomic mass is 16.5. The molecular formula is C22H29NO2. The fourth-order valence-electron chi connectivity index (χ4n) is 7.05. The van der Waals surface area contributed by atoms with Gasteiger partial charge in [0.1, 0.15) is 5.75 Å². The molecule has 1 aromatic carbocycles. The fourth-order valence-corrected chi connectivity index (χ4v) is 7.05. The Morgan fingerprint density at radius 2 is 1.68 bits per heavy atom. The molecule has 6 rings (SSSR count). The van der Waals surface area contributed by atoms with Crippen LogP contribution in [0, 0.1) is 17.3 Å². The molecule has 4 aliphatic carbocycles. The van der Waals surface area contributed by atoms with Gasteiger partial charge in [0.15, 0.2) is 0 Å². The average molecular weight is 339 g/mol. The lowest BCUT2D eigenvalue weighted by Gasteiger charge is -2.62. The molecule has 1 aliphatic heterocycles. The highest BCUT2D eigenvalue weighted by Gasteiger charge is 2.61. The SMILES string of the molecule is COc1ccc(C23C[C@@H]4C[C@@H](CC(C(=O)N5CCCC5)(C4)C2)C3)cc1. The zero-order chi connectivity index (χ0) is 17.1. The maximum absolute atomic E-state index is 13.5. The van der Waals surface area contributed by atoms with Crippen LogP contribution in [-0.2, 0) is 10.2 Å². The number of benzene rings is 1. The van der Waals surface area contributed by atoms with E-state index < -0.39 is 0 Å². The summed E-state index contributed by atoms with van der Waals surface area (Å²) in [6.07, 6.45) is 9.68. The summed E-state index contributed by atoms with van der Waals surface area (Å²) >= 11 is 0. The highest BCUT2D eigenvalue weighted by Crippen LogP contribution is 2.66. The molecule has 2 unspecified atom stereocenters. The van der Waals surface area contributed by atoms with E-state index in [4.69, 9.17) is 4.74 Å². The lowest BCUT2D eigenvalue weighted by molar-refractivity contribution is -0.159. The summed E-state index contributed by atoms with van der Waals surface area (Å²) < 4.78 is 5.35. The summed E-state index contributed by atoms with van der Waals surface area (Å²) in [7, 11) is 1.73. The predicted octanol–water partition coefficient (Wildman–Crippen LogP) is 4.16. The Bertz CT molecular complexity index is 660. The third-order valence-corrected chi connectivity index (χ3v) is 7.61. The van der Waals surface area contributed by atoms with Gasteiger partial charge >= 0.3 is 0 Å². The van der Waals surface area contributed by atoms with E-state index in [2.05, 4.69) is 29.2 Å². The Morgan fingerprint density at radius 1 is 1.04 bits per heavy atom. The molecule has 4 atom stereocenters. The maximum Gasteiger partial charge on any atom is 0.228 e. The average Bonchev–Trinajstić information content (AvgIpc) is 3.14. The van der Waals surface area contributed by atoms with Gasteiger partial charge in [-0.3, -0.25) is 4.79 Å². The molecular weight excluding hydrogens is 310 g/mol. The van der Waals surface area contributed by atoms with Gasteiger partial charge in [-0.15, -0.1) is 0 Å². The van der Waals surface area contributed by atoms with Crippen LogP contribution in [0.2, 0.25) is 0 Å². The Balaban J connectivity index is 1.50. The first-order chi connectivity index (χ1) is 12.1. The van der Waals surface area contributed by atoms with Crippen molar-refractivity contribution in [1.29, 1.82) is 0 Å². The van der Waals surface area contributed by atoms with Crippen molar-refractivity contribution in [1.82, 2.24) is 4.90 Å². The zero-order valence-electron chi connectivity index (χ0n) is 15.3. The largest absolute Gasteiger partial charge is 0.497 e. The van der Waals surface area contributed by atoms with Crippen molar-refractivity contribution in [2.75, 3.05) is 20.2 Å². The van der Waals surface area contributed by atoms with E-state index in [1.54, 1.807) is 7.11 Å². The van der Waals surface area contributed by atoms with Crippen molar-refractivity contribution in [3.05, 3.63) is 29.8 Å². The van der Waals surface area contributed by atoms with Crippen molar-refractivity contribution in [2.24, 2.45) is 17.3 Å². The molecule has 1 amide bonds. The number of amides is 1. The second kappa shape index (κ2) is 5.49. The second-order valence-electron chi connectivity index (χ2n) is 9.25. The summed E-state index contributed by atoms with van der Waals surface area (Å²) in [5, 5.41) is 0. The number of ether oxygens (including phenoxy) is 1. The van der Waals surface area contributed by atoms with Gasteiger partial charge in [0, 0.05) is 13.1 Å². The zero-order valence-corrected chi connectivity index (χ0v) is 15.3. The van der Waals surface area contributed by atoms with E-state index in [1.807, 2.05) is 0 Å². The van der Waals surface area contributed by atoms with Crippen molar-refractivity contribution < 1.29 is 9.53 Å². The Morgan fingerprint density at radius 3 is 2.28 bits per heavy atom. The number of rotatable bonds is 3. The van der Waals surface area contributed by atoms with E-state index >= 15 is 0 Å². The van der Waals surface area contributed by atoms with E-state index in [-0.39, 0.29) is 10.8 Å². The quantitative estimate of drug-likeness (QED) is 0.828. The molecule has 4 bridgehead atoms. The number of likely N-dealkylation sites (tertiary alicyclic amines) is 1. The van der Waals surface area contributed by atoms with Crippen LogP contribution < -0.4 is 4.74 Å². The Kier molecular flexibility index (Phi) is 3.45. The normalized spacial score (nSPS) is 39.0. The first kappa shape index (κ1) is 15.7. The van der Waals surface area contributed by atoms with Crippen LogP contribution in [0.4, 0.5) is 0 Å².